The van der Waals surface area contributed by atoms with Crippen LogP contribution in [0.4, 0.5) is 0 Å². The highest BCUT2D eigenvalue weighted by atomic mass is 16.6. The third-order valence-electron chi connectivity index (χ3n) is 3.54. The molecule has 1 aliphatic heterocycles. The van der Waals surface area contributed by atoms with E-state index in [4.69, 9.17) is 4.74 Å². The zero-order valence-corrected chi connectivity index (χ0v) is 9.53. The van der Waals surface area contributed by atoms with Crippen LogP contribution in [-0.2, 0) is 4.74 Å². The third-order valence-corrected chi connectivity index (χ3v) is 3.54. The van der Waals surface area contributed by atoms with Crippen molar-refractivity contribution in [3.05, 3.63) is 24.8 Å². The monoisotopic (exact) mass is 206 g/mol. The standard InChI is InChI=1S/C8H12O.C6H10/c1-2-6-3-4-7-8(5-6)9-7;1-2-4-6-5-3-1/h2,6-8H,1,3-5H2;1-2H,3-6H2. The van der Waals surface area contributed by atoms with E-state index in [0.717, 1.165) is 5.92 Å². The number of hydrogen-bond donors (Lipinski definition) is 0. The molecule has 0 N–H and O–H groups in total. The predicted molar refractivity (Wildman–Crippen MR) is 63.8 cm³/mol. The van der Waals surface area contributed by atoms with Crippen LogP contribution in [0.2, 0.25) is 0 Å². The zero-order valence-electron chi connectivity index (χ0n) is 9.53. The minimum atomic E-state index is 0.613. The Hall–Kier alpha value is -0.560. The smallest absolute Gasteiger partial charge is 0.0847 e. The van der Waals surface area contributed by atoms with Gasteiger partial charge in [0.05, 0.1) is 12.2 Å². The second-order valence-corrected chi connectivity index (χ2v) is 4.78. The lowest BCUT2D eigenvalue weighted by Crippen LogP contribution is -2.10. The first-order valence-corrected chi connectivity index (χ1v) is 6.33. The van der Waals surface area contributed by atoms with Gasteiger partial charge in [-0.15, -0.1) is 6.58 Å². The molecule has 15 heavy (non-hydrogen) atoms. The average molecular weight is 206 g/mol. The molecule has 0 radical (unpaired) electrons. The van der Waals surface area contributed by atoms with Gasteiger partial charge in [-0.1, -0.05) is 18.2 Å². The number of fused-ring (bicyclic) bond motifs is 1. The molecular weight excluding hydrogens is 184 g/mol. The Kier molecular flexibility index (Phi) is 4.01. The lowest BCUT2D eigenvalue weighted by atomic mass is 9.90. The van der Waals surface area contributed by atoms with E-state index in [1.54, 1.807) is 0 Å². The molecule has 0 spiro atoms. The molecule has 1 saturated carbocycles. The summed E-state index contributed by atoms with van der Waals surface area (Å²) in [7, 11) is 0. The molecule has 0 aromatic heterocycles. The molecule has 3 unspecified atom stereocenters. The summed E-state index contributed by atoms with van der Waals surface area (Å²) < 4.78 is 5.36. The fourth-order valence-corrected chi connectivity index (χ4v) is 2.41. The summed E-state index contributed by atoms with van der Waals surface area (Å²) in [6.07, 6.45) is 17.1. The molecular formula is C14H22O. The predicted octanol–water partition coefficient (Wildman–Crippen LogP) is 3.86. The fourth-order valence-electron chi connectivity index (χ4n) is 2.41. The van der Waals surface area contributed by atoms with Crippen LogP contribution < -0.4 is 0 Å². The van der Waals surface area contributed by atoms with E-state index >= 15 is 0 Å². The van der Waals surface area contributed by atoms with Gasteiger partial charge in [0, 0.05) is 0 Å². The first-order valence-electron chi connectivity index (χ1n) is 6.33. The Labute approximate surface area is 93.2 Å². The molecule has 0 bridgehead atoms. The van der Waals surface area contributed by atoms with Crippen LogP contribution in [0.3, 0.4) is 0 Å². The normalized spacial score (nSPS) is 37.2. The van der Waals surface area contributed by atoms with Crippen molar-refractivity contribution in [3.8, 4) is 0 Å². The van der Waals surface area contributed by atoms with Crippen molar-refractivity contribution in [1.29, 1.82) is 0 Å². The Morgan fingerprint density at radius 2 is 1.80 bits per heavy atom. The SMILES string of the molecule is C1=CCCCC1.C=CC1CCC2OC2C1. The zero-order chi connectivity index (χ0) is 10.5. The van der Waals surface area contributed by atoms with Gasteiger partial charge in [0.15, 0.2) is 0 Å². The second-order valence-electron chi connectivity index (χ2n) is 4.78. The maximum atomic E-state index is 5.36. The highest BCUT2D eigenvalue weighted by Crippen LogP contribution is 2.39. The number of hydrogen-bond acceptors (Lipinski definition) is 1. The minimum Gasteiger partial charge on any atom is -0.370 e. The van der Waals surface area contributed by atoms with Crippen molar-refractivity contribution >= 4 is 0 Å². The highest BCUT2D eigenvalue weighted by Gasteiger charge is 2.42. The molecule has 0 aromatic carbocycles. The number of rotatable bonds is 1. The maximum absolute atomic E-state index is 5.36. The van der Waals surface area contributed by atoms with Crippen LogP contribution in [-0.4, -0.2) is 12.2 Å². The minimum absolute atomic E-state index is 0.613. The van der Waals surface area contributed by atoms with Gasteiger partial charge in [-0.25, -0.2) is 0 Å². The molecule has 3 rings (SSSR count). The Morgan fingerprint density at radius 1 is 1.07 bits per heavy atom. The summed E-state index contributed by atoms with van der Waals surface area (Å²) in [6, 6.07) is 0. The molecule has 1 heteroatoms. The second kappa shape index (κ2) is 5.50. The van der Waals surface area contributed by atoms with E-state index < -0.39 is 0 Å². The first-order chi connectivity index (χ1) is 7.40. The largest absolute Gasteiger partial charge is 0.370 e. The third kappa shape index (κ3) is 3.49. The molecule has 2 aliphatic carbocycles. The summed E-state index contributed by atoms with van der Waals surface area (Å²) in [5.74, 6) is 0.744. The molecule has 0 aromatic rings. The van der Waals surface area contributed by atoms with Crippen LogP contribution in [0.5, 0.6) is 0 Å². The van der Waals surface area contributed by atoms with E-state index in [-0.39, 0.29) is 0 Å². The lowest BCUT2D eigenvalue weighted by Gasteiger charge is -2.12. The van der Waals surface area contributed by atoms with Crippen LogP contribution in [0.1, 0.15) is 44.9 Å². The molecule has 0 amide bonds. The van der Waals surface area contributed by atoms with Crippen molar-refractivity contribution in [1.82, 2.24) is 0 Å². The van der Waals surface area contributed by atoms with E-state index in [0.29, 0.717) is 12.2 Å². The van der Waals surface area contributed by atoms with Crippen molar-refractivity contribution in [2.45, 2.75) is 57.2 Å². The summed E-state index contributed by atoms with van der Waals surface area (Å²) in [5.41, 5.74) is 0. The van der Waals surface area contributed by atoms with Crippen LogP contribution >= 0.6 is 0 Å². The van der Waals surface area contributed by atoms with Gasteiger partial charge in [-0.3, -0.25) is 0 Å². The summed E-state index contributed by atoms with van der Waals surface area (Å²) in [4.78, 5) is 0. The Bertz CT molecular complexity index is 223. The van der Waals surface area contributed by atoms with Crippen molar-refractivity contribution in [3.63, 3.8) is 0 Å². The van der Waals surface area contributed by atoms with E-state index in [9.17, 15) is 0 Å². The van der Waals surface area contributed by atoms with Crippen molar-refractivity contribution in [2.24, 2.45) is 5.92 Å². The van der Waals surface area contributed by atoms with Gasteiger partial charge in [0.1, 0.15) is 0 Å². The van der Waals surface area contributed by atoms with Gasteiger partial charge < -0.3 is 4.74 Å². The topological polar surface area (TPSA) is 12.5 Å². The number of allylic oxidation sites excluding steroid dienone is 3. The fraction of sp³-hybridized carbons (Fsp3) is 0.714. The quantitative estimate of drug-likeness (QED) is 0.469. The van der Waals surface area contributed by atoms with Crippen LogP contribution in [0.25, 0.3) is 0 Å². The van der Waals surface area contributed by atoms with Gasteiger partial charge in [-0.05, 0) is 50.9 Å². The number of epoxide rings is 1. The molecule has 1 saturated heterocycles. The lowest BCUT2D eigenvalue weighted by molar-refractivity contribution is 0.370. The molecule has 1 nitrogen and oxygen atoms in total. The molecule has 2 fully saturated rings. The van der Waals surface area contributed by atoms with E-state index in [1.165, 1.54) is 44.9 Å². The molecule has 3 aliphatic rings. The van der Waals surface area contributed by atoms with Gasteiger partial charge in [0.25, 0.3) is 0 Å². The highest BCUT2D eigenvalue weighted by molar-refractivity contribution is 4.96. The van der Waals surface area contributed by atoms with Gasteiger partial charge in [-0.2, -0.15) is 0 Å². The first kappa shape index (κ1) is 10.9. The van der Waals surface area contributed by atoms with Crippen LogP contribution in [0.15, 0.2) is 24.8 Å². The van der Waals surface area contributed by atoms with Crippen molar-refractivity contribution < 1.29 is 4.74 Å². The average Bonchev–Trinajstić information content (AvgIpc) is 3.10. The Morgan fingerprint density at radius 3 is 2.27 bits per heavy atom. The molecule has 3 atom stereocenters. The summed E-state index contributed by atoms with van der Waals surface area (Å²) in [6.45, 7) is 3.78. The van der Waals surface area contributed by atoms with Gasteiger partial charge >= 0.3 is 0 Å². The van der Waals surface area contributed by atoms with E-state index in [1.807, 2.05) is 0 Å². The van der Waals surface area contributed by atoms with Gasteiger partial charge in [0.2, 0.25) is 0 Å². The summed E-state index contributed by atoms with van der Waals surface area (Å²) >= 11 is 0. The van der Waals surface area contributed by atoms with Crippen LogP contribution in [0, 0.1) is 5.92 Å². The molecule has 1 heterocycles. The van der Waals surface area contributed by atoms with Crippen molar-refractivity contribution in [2.75, 3.05) is 0 Å². The maximum Gasteiger partial charge on any atom is 0.0847 e. The Balaban J connectivity index is 0.000000124. The summed E-state index contributed by atoms with van der Waals surface area (Å²) in [5, 5.41) is 0. The van der Waals surface area contributed by atoms with E-state index in [2.05, 4.69) is 24.8 Å². The number of ether oxygens (including phenoxy) is 1. The molecule has 84 valence electrons.